The summed E-state index contributed by atoms with van der Waals surface area (Å²) < 4.78 is 5.22. The largest absolute Gasteiger partial charge is 0.453 e. The number of hydrogen-bond acceptors (Lipinski definition) is 5. The number of nitrogens with zero attached hydrogens (tertiary/aromatic N) is 1. The minimum Gasteiger partial charge on any atom is -0.453 e. The molecular formula is C22H23N3O4. The summed E-state index contributed by atoms with van der Waals surface area (Å²) in [6.45, 7) is 5.35. The van der Waals surface area contributed by atoms with E-state index in [1.54, 1.807) is 24.3 Å². The van der Waals surface area contributed by atoms with Crippen LogP contribution in [0.15, 0.2) is 47.3 Å². The first kappa shape index (κ1) is 20.3. The van der Waals surface area contributed by atoms with Crippen molar-refractivity contribution in [2.24, 2.45) is 0 Å². The molecule has 0 fully saturated rings. The Morgan fingerprint density at radius 2 is 1.93 bits per heavy atom. The van der Waals surface area contributed by atoms with E-state index < -0.39 is 18.0 Å². The Morgan fingerprint density at radius 3 is 2.72 bits per heavy atom. The number of carbonyl (C=O) groups excluding carboxylic acids is 2. The summed E-state index contributed by atoms with van der Waals surface area (Å²) in [7, 11) is 0. The number of nitrogens with one attached hydrogen (secondary N) is 2. The smallest absolute Gasteiger partial charge is 0.307 e. The van der Waals surface area contributed by atoms with Crippen molar-refractivity contribution in [1.82, 2.24) is 9.97 Å². The number of H-pyrrole nitrogens is 1. The molecule has 29 heavy (non-hydrogen) atoms. The third-order valence-electron chi connectivity index (χ3n) is 4.56. The standard InChI is InChI=1S/C22H23N3O4/c1-13-8-9-14(2)18(12-13)24-21(27)15(3)29-20(26)11-10-19-23-17-7-5-4-6-16(17)22(28)25-19/h4-9,12,15H,10-11H2,1-3H3,(H,24,27)(H,23,25,28)/t15-/m0/s1. The molecule has 1 amide bonds. The van der Waals surface area contributed by atoms with Gasteiger partial charge in [0, 0.05) is 12.1 Å². The van der Waals surface area contributed by atoms with Crippen molar-refractivity contribution < 1.29 is 14.3 Å². The van der Waals surface area contributed by atoms with E-state index in [1.165, 1.54) is 6.92 Å². The van der Waals surface area contributed by atoms with E-state index in [0.29, 0.717) is 22.4 Å². The van der Waals surface area contributed by atoms with E-state index in [9.17, 15) is 14.4 Å². The molecule has 0 aliphatic carbocycles. The number of carbonyl (C=O) groups is 2. The van der Waals surface area contributed by atoms with E-state index >= 15 is 0 Å². The zero-order chi connectivity index (χ0) is 21.0. The molecule has 3 aromatic rings. The van der Waals surface area contributed by atoms with Gasteiger partial charge in [-0.1, -0.05) is 24.3 Å². The molecule has 7 heteroatoms. The lowest BCUT2D eigenvalue weighted by Crippen LogP contribution is -2.30. The number of aromatic nitrogens is 2. The Balaban J connectivity index is 1.57. The normalized spacial score (nSPS) is 11.8. The highest BCUT2D eigenvalue weighted by molar-refractivity contribution is 5.95. The van der Waals surface area contributed by atoms with Crippen LogP contribution in [0.4, 0.5) is 5.69 Å². The maximum atomic E-state index is 12.3. The maximum absolute atomic E-state index is 12.3. The second kappa shape index (κ2) is 8.68. The third kappa shape index (κ3) is 5.07. The monoisotopic (exact) mass is 393 g/mol. The second-order valence-electron chi connectivity index (χ2n) is 6.97. The number of aryl methyl sites for hydroxylation is 3. The average Bonchev–Trinajstić information content (AvgIpc) is 2.69. The lowest BCUT2D eigenvalue weighted by atomic mass is 10.1. The number of hydrogen-bond donors (Lipinski definition) is 2. The molecule has 2 N–H and O–H groups in total. The van der Waals surface area contributed by atoms with Gasteiger partial charge < -0.3 is 15.0 Å². The second-order valence-corrected chi connectivity index (χ2v) is 6.97. The van der Waals surface area contributed by atoms with E-state index in [-0.39, 0.29) is 18.4 Å². The van der Waals surface area contributed by atoms with Crippen LogP contribution in [0.5, 0.6) is 0 Å². The number of aromatic amines is 1. The lowest BCUT2D eigenvalue weighted by molar-refractivity contribution is -0.153. The van der Waals surface area contributed by atoms with Gasteiger partial charge in [-0.15, -0.1) is 0 Å². The molecule has 0 radical (unpaired) electrons. The van der Waals surface area contributed by atoms with E-state index in [1.807, 2.05) is 32.0 Å². The van der Waals surface area contributed by atoms with Crippen LogP contribution in [0.2, 0.25) is 0 Å². The van der Waals surface area contributed by atoms with Gasteiger partial charge in [0.1, 0.15) is 5.82 Å². The Bertz CT molecular complexity index is 1120. The van der Waals surface area contributed by atoms with Crippen LogP contribution in [0.1, 0.15) is 30.3 Å². The van der Waals surface area contributed by atoms with E-state index in [0.717, 1.165) is 11.1 Å². The van der Waals surface area contributed by atoms with Crippen molar-refractivity contribution in [3.05, 3.63) is 69.8 Å². The number of anilines is 1. The molecule has 0 aliphatic heterocycles. The molecule has 0 bridgehead atoms. The highest BCUT2D eigenvalue weighted by atomic mass is 16.5. The highest BCUT2D eigenvalue weighted by Crippen LogP contribution is 2.17. The summed E-state index contributed by atoms with van der Waals surface area (Å²) in [6.07, 6.45) is -0.724. The van der Waals surface area contributed by atoms with Gasteiger partial charge in [-0.25, -0.2) is 4.98 Å². The third-order valence-corrected chi connectivity index (χ3v) is 4.56. The number of benzene rings is 2. The van der Waals surface area contributed by atoms with Crippen molar-refractivity contribution in [3.8, 4) is 0 Å². The van der Waals surface area contributed by atoms with Gasteiger partial charge in [0.2, 0.25) is 0 Å². The summed E-state index contributed by atoms with van der Waals surface area (Å²) >= 11 is 0. The fourth-order valence-electron chi connectivity index (χ4n) is 2.89. The van der Waals surface area contributed by atoms with Crippen molar-refractivity contribution in [2.75, 3.05) is 5.32 Å². The van der Waals surface area contributed by atoms with Crippen LogP contribution in [0, 0.1) is 13.8 Å². The number of para-hydroxylation sites is 1. The minimum atomic E-state index is -0.939. The van der Waals surface area contributed by atoms with Crippen LogP contribution in [-0.4, -0.2) is 27.9 Å². The quantitative estimate of drug-likeness (QED) is 0.627. The van der Waals surface area contributed by atoms with Gasteiger partial charge in [0.05, 0.1) is 17.3 Å². The SMILES string of the molecule is Cc1ccc(C)c(NC(=O)[C@H](C)OC(=O)CCc2nc3ccccc3c(=O)[nH]2)c1. The Labute approximate surface area is 168 Å². The van der Waals surface area contributed by atoms with Crippen molar-refractivity contribution in [1.29, 1.82) is 0 Å². The van der Waals surface area contributed by atoms with Crippen LogP contribution in [0.3, 0.4) is 0 Å². The number of esters is 1. The first-order valence-corrected chi connectivity index (χ1v) is 9.39. The molecule has 0 saturated carbocycles. The molecule has 0 saturated heterocycles. The van der Waals surface area contributed by atoms with E-state index in [4.69, 9.17) is 4.74 Å². The Morgan fingerprint density at radius 1 is 1.17 bits per heavy atom. The molecule has 1 aromatic heterocycles. The summed E-state index contributed by atoms with van der Waals surface area (Å²) in [6, 6.07) is 12.7. The van der Waals surface area contributed by atoms with Crippen molar-refractivity contribution in [2.45, 2.75) is 39.7 Å². The summed E-state index contributed by atoms with van der Waals surface area (Å²) in [5.74, 6) is -0.535. The topological polar surface area (TPSA) is 101 Å². The van der Waals surface area contributed by atoms with Crippen LogP contribution in [0.25, 0.3) is 10.9 Å². The van der Waals surface area contributed by atoms with E-state index in [2.05, 4.69) is 15.3 Å². The molecule has 150 valence electrons. The maximum Gasteiger partial charge on any atom is 0.307 e. The first-order valence-electron chi connectivity index (χ1n) is 9.39. The molecule has 1 heterocycles. The number of amides is 1. The average molecular weight is 393 g/mol. The predicted octanol–water partition coefficient (Wildman–Crippen LogP) is 3.04. The van der Waals surface area contributed by atoms with Gasteiger partial charge in [-0.05, 0) is 50.1 Å². The van der Waals surface area contributed by atoms with Crippen molar-refractivity contribution in [3.63, 3.8) is 0 Å². The van der Waals surface area contributed by atoms with Crippen LogP contribution >= 0.6 is 0 Å². The van der Waals surface area contributed by atoms with Crippen LogP contribution in [-0.2, 0) is 20.7 Å². The summed E-state index contributed by atoms with van der Waals surface area (Å²) in [5.41, 5.74) is 2.96. The fourth-order valence-corrected chi connectivity index (χ4v) is 2.89. The molecule has 0 aliphatic rings. The zero-order valence-electron chi connectivity index (χ0n) is 16.6. The summed E-state index contributed by atoms with van der Waals surface area (Å²) in [4.78, 5) is 43.6. The molecule has 1 atom stereocenters. The fraction of sp³-hybridized carbons (Fsp3) is 0.273. The Kier molecular flexibility index (Phi) is 6.07. The number of rotatable bonds is 6. The minimum absolute atomic E-state index is 0.00235. The molecule has 7 nitrogen and oxygen atoms in total. The highest BCUT2D eigenvalue weighted by Gasteiger charge is 2.19. The zero-order valence-corrected chi connectivity index (χ0v) is 16.6. The number of ether oxygens (including phenoxy) is 1. The molecular weight excluding hydrogens is 370 g/mol. The van der Waals surface area contributed by atoms with Gasteiger partial charge in [-0.3, -0.25) is 14.4 Å². The predicted molar refractivity (Wildman–Crippen MR) is 111 cm³/mol. The van der Waals surface area contributed by atoms with Gasteiger partial charge >= 0.3 is 5.97 Å². The Hall–Kier alpha value is -3.48. The van der Waals surface area contributed by atoms with Gasteiger partial charge in [0.15, 0.2) is 6.10 Å². The van der Waals surface area contributed by atoms with Crippen molar-refractivity contribution >= 4 is 28.5 Å². The molecule has 0 spiro atoms. The lowest BCUT2D eigenvalue weighted by Gasteiger charge is -2.15. The van der Waals surface area contributed by atoms with Gasteiger partial charge in [0.25, 0.3) is 11.5 Å². The van der Waals surface area contributed by atoms with Gasteiger partial charge in [-0.2, -0.15) is 0 Å². The van der Waals surface area contributed by atoms with Crippen LogP contribution < -0.4 is 10.9 Å². The number of fused-ring (bicyclic) bond motifs is 1. The first-order chi connectivity index (χ1) is 13.8. The summed E-state index contributed by atoms with van der Waals surface area (Å²) in [5, 5.41) is 3.28. The molecule has 0 unspecified atom stereocenters. The molecule has 3 rings (SSSR count). The molecule has 2 aromatic carbocycles.